The number of nitrogens with zero attached hydrogens (tertiary/aromatic N) is 2. The van der Waals surface area contributed by atoms with Crippen molar-refractivity contribution in [1.82, 2.24) is 9.88 Å². The Labute approximate surface area is 163 Å². The van der Waals surface area contributed by atoms with E-state index < -0.39 is 0 Å². The van der Waals surface area contributed by atoms with Crippen LogP contribution in [0.1, 0.15) is 18.6 Å². The minimum absolute atomic E-state index is 0.0730. The Balaban J connectivity index is 1.46. The van der Waals surface area contributed by atoms with Crippen molar-refractivity contribution in [3.8, 4) is 0 Å². The highest BCUT2D eigenvalue weighted by Gasteiger charge is 2.29. The van der Waals surface area contributed by atoms with Crippen molar-refractivity contribution in [3.63, 3.8) is 0 Å². The van der Waals surface area contributed by atoms with Crippen LogP contribution < -0.4 is 5.32 Å². The van der Waals surface area contributed by atoms with E-state index in [4.69, 9.17) is 4.74 Å². The van der Waals surface area contributed by atoms with E-state index in [2.05, 4.69) is 15.2 Å². The van der Waals surface area contributed by atoms with Gasteiger partial charge in [-0.25, -0.2) is 4.39 Å². The number of aromatic nitrogens is 1. The van der Waals surface area contributed by atoms with Crippen molar-refractivity contribution in [1.29, 1.82) is 0 Å². The van der Waals surface area contributed by atoms with Crippen LogP contribution in [0.15, 0.2) is 60.8 Å². The number of pyridine rings is 1. The molecule has 0 radical (unpaired) electrons. The van der Waals surface area contributed by atoms with Gasteiger partial charge in [-0.3, -0.25) is 14.7 Å². The molecule has 5 nitrogen and oxygen atoms in total. The predicted molar refractivity (Wildman–Crippen MR) is 107 cm³/mol. The van der Waals surface area contributed by atoms with Gasteiger partial charge in [-0.15, -0.1) is 0 Å². The van der Waals surface area contributed by atoms with Crippen LogP contribution in [-0.2, 0) is 9.53 Å². The van der Waals surface area contributed by atoms with Crippen molar-refractivity contribution in [2.75, 3.05) is 25.0 Å². The van der Waals surface area contributed by atoms with Crippen LogP contribution in [0.3, 0.4) is 0 Å². The van der Waals surface area contributed by atoms with Gasteiger partial charge in [-0.2, -0.15) is 0 Å². The lowest BCUT2D eigenvalue weighted by atomic mass is 10.1. The van der Waals surface area contributed by atoms with E-state index in [1.54, 1.807) is 18.3 Å². The van der Waals surface area contributed by atoms with Crippen LogP contribution in [0.2, 0.25) is 0 Å². The van der Waals surface area contributed by atoms with E-state index >= 15 is 0 Å². The molecule has 1 saturated heterocycles. The maximum atomic E-state index is 13.2. The topological polar surface area (TPSA) is 54.5 Å². The van der Waals surface area contributed by atoms with Gasteiger partial charge in [-0.05, 0) is 48.9 Å². The van der Waals surface area contributed by atoms with Crippen LogP contribution in [0.4, 0.5) is 10.1 Å². The van der Waals surface area contributed by atoms with Crippen LogP contribution in [-0.4, -0.2) is 41.5 Å². The summed E-state index contributed by atoms with van der Waals surface area (Å²) in [5, 5.41) is 3.95. The molecule has 4 rings (SSSR count). The molecule has 28 heavy (non-hydrogen) atoms. The van der Waals surface area contributed by atoms with Crippen molar-refractivity contribution >= 4 is 22.5 Å². The molecule has 1 aliphatic rings. The zero-order valence-electron chi connectivity index (χ0n) is 15.6. The van der Waals surface area contributed by atoms with Gasteiger partial charge in [0.05, 0.1) is 30.0 Å². The number of benzene rings is 2. The van der Waals surface area contributed by atoms with Gasteiger partial charge in [0.25, 0.3) is 0 Å². The van der Waals surface area contributed by atoms with Crippen LogP contribution in [0.5, 0.6) is 0 Å². The van der Waals surface area contributed by atoms with Crippen LogP contribution in [0.25, 0.3) is 10.9 Å². The molecule has 2 heterocycles. The largest absolute Gasteiger partial charge is 0.371 e. The summed E-state index contributed by atoms with van der Waals surface area (Å²) in [4.78, 5) is 19.3. The van der Waals surface area contributed by atoms with E-state index in [0.29, 0.717) is 19.7 Å². The number of nitrogens with one attached hydrogen (secondary N) is 1. The summed E-state index contributed by atoms with van der Waals surface area (Å²) < 4.78 is 19.0. The molecular formula is C22H22FN3O2. The highest BCUT2D eigenvalue weighted by Crippen LogP contribution is 2.25. The molecule has 2 atom stereocenters. The molecule has 2 aromatic carbocycles. The molecule has 144 valence electrons. The Hall–Kier alpha value is -2.83. The first-order chi connectivity index (χ1) is 13.6. The summed E-state index contributed by atoms with van der Waals surface area (Å²) in [6.07, 6.45) is 1.56. The van der Waals surface area contributed by atoms with Crippen molar-refractivity contribution in [2.45, 2.75) is 19.1 Å². The number of morpholine rings is 1. The number of hydrogen-bond donors (Lipinski definition) is 1. The number of carbonyl (C=O) groups excluding carboxylic acids is 1. The maximum Gasteiger partial charge on any atom is 0.241 e. The quantitative estimate of drug-likeness (QED) is 0.750. The van der Waals surface area contributed by atoms with Crippen LogP contribution in [0, 0.1) is 5.82 Å². The SMILES string of the molecule is CC(C(=O)Nc1cccc2ncccc12)N1CCOC(c2ccc(F)cc2)C1. The molecular weight excluding hydrogens is 357 g/mol. The molecule has 1 aromatic heterocycles. The molecule has 6 heteroatoms. The molecule has 1 fully saturated rings. The van der Waals surface area contributed by atoms with Gasteiger partial charge in [-0.1, -0.05) is 18.2 Å². The normalized spacial score (nSPS) is 18.7. The van der Waals surface area contributed by atoms with E-state index in [1.165, 1.54) is 12.1 Å². The minimum atomic E-state index is -0.321. The lowest BCUT2D eigenvalue weighted by Gasteiger charge is -2.36. The Morgan fingerprint density at radius 2 is 2.04 bits per heavy atom. The van der Waals surface area contributed by atoms with E-state index in [0.717, 1.165) is 22.2 Å². The van der Waals surface area contributed by atoms with Crippen molar-refractivity contribution in [2.24, 2.45) is 0 Å². The number of halogens is 1. The molecule has 1 amide bonds. The lowest BCUT2D eigenvalue weighted by molar-refractivity contribution is -0.124. The summed E-state index contributed by atoms with van der Waals surface area (Å²) in [5.74, 6) is -0.343. The summed E-state index contributed by atoms with van der Waals surface area (Å²) >= 11 is 0. The summed E-state index contributed by atoms with van der Waals surface area (Å²) in [6, 6.07) is 15.5. The van der Waals surface area contributed by atoms with Gasteiger partial charge in [0.15, 0.2) is 0 Å². The van der Waals surface area contributed by atoms with E-state index in [9.17, 15) is 9.18 Å². The zero-order chi connectivity index (χ0) is 19.5. The second-order valence-corrected chi connectivity index (χ2v) is 6.95. The van der Waals surface area contributed by atoms with Crippen LogP contribution >= 0.6 is 0 Å². The van der Waals surface area contributed by atoms with E-state index in [-0.39, 0.29) is 23.9 Å². The average molecular weight is 379 g/mol. The first-order valence-corrected chi connectivity index (χ1v) is 9.37. The van der Waals surface area contributed by atoms with Gasteiger partial charge < -0.3 is 10.1 Å². The molecule has 0 spiro atoms. The third-order valence-corrected chi connectivity index (χ3v) is 5.17. The number of carbonyl (C=O) groups is 1. The number of hydrogen-bond acceptors (Lipinski definition) is 4. The highest BCUT2D eigenvalue weighted by atomic mass is 19.1. The average Bonchev–Trinajstić information content (AvgIpc) is 2.74. The summed E-state index contributed by atoms with van der Waals surface area (Å²) in [6.45, 7) is 3.67. The highest BCUT2D eigenvalue weighted by molar-refractivity contribution is 6.02. The van der Waals surface area contributed by atoms with Gasteiger partial charge in [0.2, 0.25) is 5.91 Å². The standard InChI is InChI=1S/C22H22FN3O2/c1-15(22(27)25-20-6-2-5-19-18(20)4-3-11-24-19)26-12-13-28-21(14-26)16-7-9-17(23)10-8-16/h2-11,15,21H,12-14H2,1H3,(H,25,27). The fourth-order valence-electron chi connectivity index (χ4n) is 3.52. The Bertz CT molecular complexity index is 972. The van der Waals surface area contributed by atoms with Crippen molar-refractivity contribution < 1.29 is 13.9 Å². The van der Waals surface area contributed by atoms with Gasteiger partial charge in [0.1, 0.15) is 5.82 Å². The molecule has 0 saturated carbocycles. The van der Waals surface area contributed by atoms with Crippen molar-refractivity contribution in [3.05, 3.63) is 72.2 Å². The molecule has 3 aromatic rings. The van der Waals surface area contributed by atoms with Gasteiger partial charge >= 0.3 is 0 Å². The number of anilines is 1. The first-order valence-electron chi connectivity index (χ1n) is 9.37. The summed E-state index contributed by atoms with van der Waals surface area (Å²) in [7, 11) is 0. The number of amides is 1. The fourth-order valence-corrected chi connectivity index (χ4v) is 3.52. The smallest absolute Gasteiger partial charge is 0.241 e. The molecule has 1 N–H and O–H groups in total. The predicted octanol–water partition coefficient (Wildman–Crippen LogP) is 3.77. The number of rotatable bonds is 4. The molecule has 2 unspecified atom stereocenters. The number of fused-ring (bicyclic) bond motifs is 1. The molecule has 1 aliphatic heterocycles. The Morgan fingerprint density at radius 1 is 1.21 bits per heavy atom. The Kier molecular flexibility index (Phi) is 5.32. The molecule has 0 aliphatic carbocycles. The molecule has 0 bridgehead atoms. The second kappa shape index (κ2) is 8.04. The zero-order valence-corrected chi connectivity index (χ0v) is 15.6. The minimum Gasteiger partial charge on any atom is -0.371 e. The summed E-state index contributed by atoms with van der Waals surface area (Å²) in [5.41, 5.74) is 2.51. The van der Waals surface area contributed by atoms with E-state index in [1.807, 2.05) is 37.3 Å². The Morgan fingerprint density at radius 3 is 2.86 bits per heavy atom. The lowest BCUT2D eigenvalue weighted by Crippen LogP contribution is -2.48. The first kappa shape index (κ1) is 18.5. The second-order valence-electron chi connectivity index (χ2n) is 6.95. The van der Waals surface area contributed by atoms with Gasteiger partial charge in [0, 0.05) is 24.7 Å². The third-order valence-electron chi connectivity index (χ3n) is 5.17. The third kappa shape index (κ3) is 3.88. The number of ether oxygens (including phenoxy) is 1. The fraction of sp³-hybridized carbons (Fsp3) is 0.273. The maximum absolute atomic E-state index is 13.2. The monoisotopic (exact) mass is 379 g/mol.